The van der Waals surface area contributed by atoms with E-state index < -0.39 is 23.1 Å². The average Bonchev–Trinajstić information content (AvgIpc) is 3.32. The minimum atomic E-state index is -3.94. The number of aromatic nitrogens is 2. The standard InChI is InChI=1S/C23H28N5O6PS2/c1-3-34-35(31)18-11-16(27-37(2,32)33)7-8-17(18)24-22(26-35)19-21(29)20(15-9-10-36-13-15)25-28(23(19)30)12-14-5-4-6-14/h7-8,11,13-14,27,29H,3-6,9-10,12H2,1-2H3,(H,24,26,31). The first-order chi connectivity index (χ1) is 17.6. The predicted octanol–water partition coefficient (Wildman–Crippen LogP) is 3.33. The number of hydrogen-bond donors (Lipinski definition) is 3. The number of hydrogen-bond acceptors (Lipinski definition) is 9. The van der Waals surface area contributed by atoms with Crippen molar-refractivity contribution in [2.24, 2.45) is 10.7 Å². The van der Waals surface area contributed by atoms with Gasteiger partial charge in [0.05, 0.1) is 23.9 Å². The molecule has 3 heterocycles. The fourth-order valence-electron chi connectivity index (χ4n) is 4.47. The summed E-state index contributed by atoms with van der Waals surface area (Å²) in [6, 6.07) is 4.43. The molecule has 5 rings (SSSR count). The maximum absolute atomic E-state index is 14.0. The number of anilines is 2. The van der Waals surface area contributed by atoms with Gasteiger partial charge in [-0.3, -0.25) is 14.1 Å². The molecule has 1 saturated carbocycles. The zero-order valence-electron chi connectivity index (χ0n) is 20.4. The van der Waals surface area contributed by atoms with E-state index in [9.17, 15) is 22.9 Å². The molecule has 0 spiro atoms. The molecule has 1 atom stereocenters. The summed E-state index contributed by atoms with van der Waals surface area (Å²) in [5.41, 5.74) is 1.02. The molecule has 1 fully saturated rings. The van der Waals surface area contributed by atoms with Crippen LogP contribution in [0.1, 0.15) is 43.9 Å². The number of rotatable bonds is 8. The van der Waals surface area contributed by atoms with Crippen molar-refractivity contribution in [2.45, 2.75) is 39.2 Å². The normalized spacial score (nSPS) is 21.5. The third-order valence-electron chi connectivity index (χ3n) is 6.44. The van der Waals surface area contributed by atoms with Gasteiger partial charge in [0.2, 0.25) is 10.0 Å². The number of benzene rings is 1. The van der Waals surface area contributed by atoms with E-state index in [4.69, 9.17) is 4.52 Å². The lowest BCUT2D eigenvalue weighted by Gasteiger charge is -2.27. The molecule has 3 N–H and O–H groups in total. The lowest BCUT2D eigenvalue weighted by Crippen LogP contribution is -2.37. The Labute approximate surface area is 219 Å². The second kappa shape index (κ2) is 9.94. The van der Waals surface area contributed by atoms with Crippen molar-refractivity contribution in [3.8, 4) is 5.75 Å². The zero-order chi connectivity index (χ0) is 26.4. The molecule has 0 radical (unpaired) electrons. The second-order valence-electron chi connectivity index (χ2n) is 9.24. The Morgan fingerprint density at radius 1 is 1.35 bits per heavy atom. The number of sulfonamides is 1. The van der Waals surface area contributed by atoms with Gasteiger partial charge in [-0.2, -0.15) is 9.86 Å². The molecule has 198 valence electrons. The van der Waals surface area contributed by atoms with Crippen LogP contribution in [-0.2, 0) is 25.7 Å². The quantitative estimate of drug-likeness (QED) is 0.409. The molecule has 2 aliphatic heterocycles. The third-order valence-corrected chi connectivity index (χ3v) is 9.98. The highest BCUT2D eigenvalue weighted by Crippen LogP contribution is 2.52. The molecule has 0 bridgehead atoms. The molecule has 1 aromatic carbocycles. The van der Waals surface area contributed by atoms with E-state index in [0.717, 1.165) is 36.8 Å². The highest BCUT2D eigenvalue weighted by atomic mass is 32.2. The van der Waals surface area contributed by atoms with E-state index in [0.29, 0.717) is 30.3 Å². The van der Waals surface area contributed by atoms with Crippen LogP contribution < -0.4 is 20.9 Å². The molecule has 1 aromatic heterocycles. The monoisotopic (exact) mass is 565 g/mol. The van der Waals surface area contributed by atoms with E-state index in [1.807, 2.05) is 5.41 Å². The first-order valence-corrected chi connectivity index (χ1v) is 16.5. The Kier molecular flexibility index (Phi) is 6.99. The van der Waals surface area contributed by atoms with Crippen molar-refractivity contribution in [1.82, 2.24) is 9.78 Å². The van der Waals surface area contributed by atoms with Gasteiger partial charge in [-0.25, -0.2) is 13.1 Å². The van der Waals surface area contributed by atoms with Crippen molar-refractivity contribution in [3.63, 3.8) is 0 Å². The summed E-state index contributed by atoms with van der Waals surface area (Å²) in [7, 11) is -7.51. The molecule has 1 aliphatic carbocycles. The van der Waals surface area contributed by atoms with Crippen molar-refractivity contribution < 1.29 is 22.6 Å². The number of nitrogens with zero attached hydrogens (tertiary/aromatic N) is 3. The van der Waals surface area contributed by atoms with Crippen molar-refractivity contribution in [1.29, 1.82) is 0 Å². The van der Waals surface area contributed by atoms with Crippen molar-refractivity contribution in [3.05, 3.63) is 45.2 Å². The Balaban J connectivity index is 1.65. The van der Waals surface area contributed by atoms with Crippen LogP contribution in [0.15, 0.2) is 33.2 Å². The molecule has 37 heavy (non-hydrogen) atoms. The summed E-state index contributed by atoms with van der Waals surface area (Å²) < 4.78 is 51.1. The Bertz CT molecular complexity index is 1530. The topological polar surface area (TPSA) is 152 Å². The van der Waals surface area contributed by atoms with Gasteiger partial charge in [-0.15, -0.1) is 11.8 Å². The van der Waals surface area contributed by atoms with Crippen LogP contribution in [0.25, 0.3) is 5.57 Å². The van der Waals surface area contributed by atoms with Gasteiger partial charge >= 0.3 is 7.52 Å². The second-order valence-corrected chi connectivity index (χ2v) is 13.9. The van der Waals surface area contributed by atoms with Crippen LogP contribution in [0.2, 0.25) is 0 Å². The van der Waals surface area contributed by atoms with Gasteiger partial charge < -0.3 is 14.9 Å². The van der Waals surface area contributed by atoms with Crippen LogP contribution in [-0.4, -0.2) is 47.8 Å². The number of allylic oxidation sites excluding steroid dienone is 1. The van der Waals surface area contributed by atoms with Gasteiger partial charge in [-0.1, -0.05) is 6.42 Å². The minimum absolute atomic E-state index is 0.0564. The third kappa shape index (κ3) is 5.22. The van der Waals surface area contributed by atoms with E-state index in [1.165, 1.54) is 22.9 Å². The van der Waals surface area contributed by atoms with Gasteiger partial charge in [0.15, 0.2) is 11.6 Å². The molecule has 1 unspecified atom stereocenters. The van der Waals surface area contributed by atoms with Crippen LogP contribution >= 0.6 is 19.3 Å². The minimum Gasteiger partial charge on any atom is -0.505 e. The number of fused-ring (bicyclic) bond motifs is 1. The maximum Gasteiger partial charge on any atom is 0.348 e. The molecule has 14 heteroatoms. The van der Waals surface area contributed by atoms with Gasteiger partial charge in [0.1, 0.15) is 11.3 Å². The van der Waals surface area contributed by atoms with Crippen LogP contribution in [0.4, 0.5) is 11.4 Å². The van der Waals surface area contributed by atoms with E-state index in [2.05, 4.69) is 19.9 Å². The van der Waals surface area contributed by atoms with Crippen molar-refractivity contribution >= 4 is 57.4 Å². The molecule has 3 aliphatic rings. The highest BCUT2D eigenvalue weighted by Gasteiger charge is 2.37. The number of thioether (sulfide) groups is 1. The first-order valence-electron chi connectivity index (χ1n) is 12.0. The molecule has 2 aromatic rings. The smallest absolute Gasteiger partial charge is 0.348 e. The summed E-state index contributed by atoms with van der Waals surface area (Å²) in [5.74, 6) is 0.785. The zero-order valence-corrected chi connectivity index (χ0v) is 23.0. The Hall–Kier alpha value is -2.60. The lowest BCUT2D eigenvalue weighted by atomic mass is 9.85. The lowest BCUT2D eigenvalue weighted by molar-refractivity contribution is 0.260. The van der Waals surface area contributed by atoms with Crippen LogP contribution in [0.5, 0.6) is 5.75 Å². The SMILES string of the molecule is CCOP1(=O)N=C(c2c(O)c(C3=CSCC3)nn(CC3CCC3)c2=O)Nc2ccc(NS(C)(=O)=O)cc21. The first kappa shape index (κ1) is 26.0. The molecule has 0 saturated heterocycles. The highest BCUT2D eigenvalue weighted by molar-refractivity contribution is 8.02. The van der Waals surface area contributed by atoms with Crippen LogP contribution in [0.3, 0.4) is 0 Å². The average molecular weight is 566 g/mol. The molecular formula is C23H28N5O6PS2. The summed E-state index contributed by atoms with van der Waals surface area (Å²) in [6.07, 6.45) is 4.84. The van der Waals surface area contributed by atoms with Gasteiger partial charge in [0, 0.05) is 18.0 Å². The number of amidine groups is 1. The largest absolute Gasteiger partial charge is 0.505 e. The van der Waals surface area contributed by atoms with Crippen LogP contribution in [0, 0.1) is 5.92 Å². The van der Waals surface area contributed by atoms with Gasteiger partial charge in [-0.05, 0) is 61.3 Å². The summed E-state index contributed by atoms with van der Waals surface area (Å²) in [5, 5.41) is 20.9. The van der Waals surface area contributed by atoms with E-state index in [1.54, 1.807) is 18.7 Å². The summed E-state index contributed by atoms with van der Waals surface area (Å²) >= 11 is 1.61. The summed E-state index contributed by atoms with van der Waals surface area (Å²) in [6.45, 7) is 2.14. The fraction of sp³-hybridized carbons (Fsp3) is 0.435. The van der Waals surface area contributed by atoms with Crippen molar-refractivity contribution in [2.75, 3.05) is 28.7 Å². The molecular weight excluding hydrogens is 537 g/mol. The molecule has 11 nitrogen and oxygen atoms in total. The number of aromatic hydroxyl groups is 1. The van der Waals surface area contributed by atoms with E-state index in [-0.39, 0.29) is 34.7 Å². The van der Waals surface area contributed by atoms with Gasteiger partial charge in [0.25, 0.3) is 5.56 Å². The predicted molar refractivity (Wildman–Crippen MR) is 146 cm³/mol. The Morgan fingerprint density at radius 2 is 2.14 bits per heavy atom. The Morgan fingerprint density at radius 3 is 2.76 bits per heavy atom. The van der Waals surface area contributed by atoms with E-state index >= 15 is 0 Å². The maximum atomic E-state index is 14.0. The number of nitrogens with one attached hydrogen (secondary N) is 2. The fourth-order valence-corrected chi connectivity index (χ4v) is 7.72. The molecule has 0 amide bonds. The summed E-state index contributed by atoms with van der Waals surface area (Å²) in [4.78, 5) is 13.6.